The van der Waals surface area contributed by atoms with Crippen LogP contribution in [-0.4, -0.2) is 45.8 Å². The van der Waals surface area contributed by atoms with Crippen LogP contribution in [0, 0.1) is 12.8 Å². The maximum Gasteiger partial charge on any atom is 0.265 e. The number of amides is 2. The Balaban J connectivity index is 1.34. The third-order valence-corrected chi connectivity index (χ3v) is 7.60. The van der Waals surface area contributed by atoms with E-state index in [0.717, 1.165) is 41.2 Å². The molecule has 2 aliphatic heterocycles. The number of anilines is 1. The Kier molecular flexibility index (Phi) is 5.51. The van der Waals surface area contributed by atoms with Crippen molar-refractivity contribution in [3.63, 3.8) is 0 Å². The van der Waals surface area contributed by atoms with Crippen molar-refractivity contribution in [2.75, 3.05) is 18.0 Å². The van der Waals surface area contributed by atoms with Crippen molar-refractivity contribution in [2.45, 2.75) is 39.2 Å². The third kappa shape index (κ3) is 3.71. The molecule has 1 fully saturated rings. The van der Waals surface area contributed by atoms with E-state index in [1.165, 1.54) is 16.9 Å². The summed E-state index contributed by atoms with van der Waals surface area (Å²) in [6.45, 7) is 5.11. The van der Waals surface area contributed by atoms with E-state index in [0.29, 0.717) is 18.0 Å². The number of aryl methyl sites for hydroxylation is 1. The number of piperidine rings is 1. The lowest BCUT2D eigenvalue weighted by molar-refractivity contribution is -0.124. The largest absolute Gasteiger partial charge is 0.337 e. The maximum absolute atomic E-state index is 13.5. The van der Waals surface area contributed by atoms with Crippen LogP contribution in [0.15, 0.2) is 48.8 Å². The van der Waals surface area contributed by atoms with E-state index in [4.69, 9.17) is 0 Å². The normalized spacial score (nSPS) is 20.3. The molecule has 0 N–H and O–H groups in total. The molecule has 0 bridgehead atoms. The van der Waals surface area contributed by atoms with Gasteiger partial charge in [-0.2, -0.15) is 0 Å². The first-order chi connectivity index (χ1) is 15.5. The van der Waals surface area contributed by atoms with E-state index in [1.807, 2.05) is 47.1 Å². The van der Waals surface area contributed by atoms with Gasteiger partial charge in [-0.1, -0.05) is 18.2 Å². The van der Waals surface area contributed by atoms with Gasteiger partial charge in [0.15, 0.2) is 0 Å². The Morgan fingerprint density at radius 1 is 1.16 bits per heavy atom. The quantitative estimate of drug-likeness (QED) is 0.600. The zero-order valence-electron chi connectivity index (χ0n) is 18.3. The maximum atomic E-state index is 13.5. The third-order valence-electron chi connectivity index (χ3n) is 6.40. The molecule has 3 aromatic rings. The molecular formula is C25H26N4O2S. The average molecular weight is 447 g/mol. The van der Waals surface area contributed by atoms with Crippen molar-refractivity contribution in [1.29, 1.82) is 0 Å². The number of nitrogens with zero attached hydrogens (tertiary/aromatic N) is 4. The smallest absolute Gasteiger partial charge is 0.265 e. The van der Waals surface area contributed by atoms with Crippen molar-refractivity contribution >= 4 is 28.8 Å². The number of fused-ring (bicyclic) bond motifs is 1. The number of thiazole rings is 1. The number of benzene rings is 1. The fourth-order valence-electron chi connectivity index (χ4n) is 4.81. The lowest BCUT2D eigenvalue weighted by atomic mass is 9.95. The van der Waals surface area contributed by atoms with E-state index in [-0.39, 0.29) is 23.8 Å². The van der Waals surface area contributed by atoms with E-state index in [1.54, 1.807) is 12.4 Å². The van der Waals surface area contributed by atoms with Crippen LogP contribution in [0.4, 0.5) is 5.69 Å². The van der Waals surface area contributed by atoms with Crippen molar-refractivity contribution in [3.8, 4) is 10.6 Å². The van der Waals surface area contributed by atoms with Gasteiger partial charge < -0.3 is 9.80 Å². The van der Waals surface area contributed by atoms with E-state index in [9.17, 15) is 9.59 Å². The number of aromatic nitrogens is 2. The van der Waals surface area contributed by atoms with Gasteiger partial charge in [-0.05, 0) is 56.9 Å². The molecule has 5 rings (SSSR count). The topological polar surface area (TPSA) is 66.4 Å². The molecule has 2 amide bonds. The molecule has 2 aromatic heterocycles. The Morgan fingerprint density at radius 3 is 2.81 bits per heavy atom. The predicted octanol–water partition coefficient (Wildman–Crippen LogP) is 4.34. The number of carbonyl (C=O) groups excluding carboxylic acids is 2. The minimum atomic E-state index is -0.174. The number of carbonyl (C=O) groups is 2. The molecule has 4 heterocycles. The molecule has 6 nitrogen and oxygen atoms in total. The second-order valence-electron chi connectivity index (χ2n) is 8.66. The average Bonchev–Trinajstić information content (AvgIpc) is 3.38. The van der Waals surface area contributed by atoms with E-state index < -0.39 is 0 Å². The first kappa shape index (κ1) is 20.8. The monoisotopic (exact) mass is 446 g/mol. The fourth-order valence-corrected chi connectivity index (χ4v) is 5.84. The van der Waals surface area contributed by atoms with Crippen LogP contribution in [-0.2, 0) is 11.2 Å². The zero-order chi connectivity index (χ0) is 22.2. The summed E-state index contributed by atoms with van der Waals surface area (Å²) >= 11 is 1.40. The molecule has 1 aromatic carbocycles. The van der Waals surface area contributed by atoms with Crippen LogP contribution in [0.2, 0.25) is 0 Å². The van der Waals surface area contributed by atoms with Gasteiger partial charge in [-0.3, -0.25) is 14.6 Å². The number of pyridine rings is 1. The molecule has 0 saturated carbocycles. The number of hydrogen-bond acceptors (Lipinski definition) is 5. The van der Waals surface area contributed by atoms with Crippen molar-refractivity contribution < 1.29 is 9.59 Å². The Morgan fingerprint density at radius 2 is 2.00 bits per heavy atom. The highest BCUT2D eigenvalue weighted by Crippen LogP contribution is 2.35. The van der Waals surface area contributed by atoms with Crippen LogP contribution < -0.4 is 4.90 Å². The van der Waals surface area contributed by atoms with Crippen LogP contribution in [0.3, 0.4) is 0 Å². The molecule has 0 radical (unpaired) electrons. The van der Waals surface area contributed by atoms with Gasteiger partial charge in [0.2, 0.25) is 5.91 Å². The number of hydrogen-bond donors (Lipinski definition) is 0. The van der Waals surface area contributed by atoms with Crippen LogP contribution in [0.5, 0.6) is 0 Å². The molecule has 1 saturated heterocycles. The second kappa shape index (κ2) is 8.47. The van der Waals surface area contributed by atoms with Crippen LogP contribution >= 0.6 is 11.3 Å². The fraction of sp³-hybridized carbons (Fsp3) is 0.360. The molecular weight excluding hydrogens is 420 g/mol. The van der Waals surface area contributed by atoms with Gasteiger partial charge in [0.25, 0.3) is 5.91 Å². The van der Waals surface area contributed by atoms with Gasteiger partial charge in [-0.15, -0.1) is 11.3 Å². The lowest BCUT2D eigenvalue weighted by Crippen LogP contribution is -2.48. The Hall–Kier alpha value is -3.06. The summed E-state index contributed by atoms with van der Waals surface area (Å²) in [7, 11) is 0. The van der Waals surface area contributed by atoms with Gasteiger partial charge >= 0.3 is 0 Å². The van der Waals surface area contributed by atoms with E-state index >= 15 is 0 Å². The first-order valence-corrected chi connectivity index (χ1v) is 11.9. The standard InChI is InChI=1S/C25H26N4O2S/c1-16-13-18-7-3-4-10-21(18)29(16)24(30)20-9-6-12-28(15-20)25(31)22-17(2)27-23(32-22)19-8-5-11-26-14-19/h3-5,7-8,10-11,14,16,20H,6,9,12-13,15H2,1-2H3. The highest BCUT2D eigenvalue weighted by Gasteiger charge is 2.37. The molecule has 0 aliphatic carbocycles. The number of likely N-dealkylation sites (tertiary alicyclic amines) is 1. The molecule has 7 heteroatoms. The van der Waals surface area contributed by atoms with Gasteiger partial charge in [0.1, 0.15) is 9.88 Å². The number of para-hydroxylation sites is 1. The van der Waals surface area contributed by atoms with Crippen LogP contribution in [0.25, 0.3) is 10.6 Å². The minimum Gasteiger partial charge on any atom is -0.337 e. The summed E-state index contributed by atoms with van der Waals surface area (Å²) in [5.41, 5.74) is 3.88. The summed E-state index contributed by atoms with van der Waals surface area (Å²) in [6, 6.07) is 12.1. The Bertz CT molecular complexity index is 1160. The summed E-state index contributed by atoms with van der Waals surface area (Å²) in [5.74, 6) is -0.0631. The molecule has 2 atom stereocenters. The summed E-state index contributed by atoms with van der Waals surface area (Å²) < 4.78 is 0. The minimum absolute atomic E-state index is 0.0255. The van der Waals surface area contributed by atoms with Gasteiger partial charge in [-0.25, -0.2) is 4.98 Å². The Labute approximate surface area is 191 Å². The lowest BCUT2D eigenvalue weighted by Gasteiger charge is -2.35. The summed E-state index contributed by atoms with van der Waals surface area (Å²) in [4.78, 5) is 40.1. The first-order valence-electron chi connectivity index (χ1n) is 11.1. The molecule has 2 unspecified atom stereocenters. The highest BCUT2D eigenvalue weighted by atomic mass is 32.1. The summed E-state index contributed by atoms with van der Waals surface area (Å²) in [6.07, 6.45) is 6.02. The molecule has 0 spiro atoms. The van der Waals surface area contributed by atoms with Crippen molar-refractivity contribution in [3.05, 3.63) is 64.9 Å². The highest BCUT2D eigenvalue weighted by molar-refractivity contribution is 7.17. The molecule has 2 aliphatic rings. The zero-order valence-corrected chi connectivity index (χ0v) is 19.1. The van der Waals surface area contributed by atoms with Crippen molar-refractivity contribution in [1.82, 2.24) is 14.9 Å². The van der Waals surface area contributed by atoms with E-state index in [2.05, 4.69) is 23.0 Å². The predicted molar refractivity (Wildman–Crippen MR) is 126 cm³/mol. The molecule has 164 valence electrons. The van der Waals surface area contributed by atoms with Gasteiger partial charge in [0, 0.05) is 42.8 Å². The molecule has 32 heavy (non-hydrogen) atoms. The second-order valence-corrected chi connectivity index (χ2v) is 9.65. The van der Waals surface area contributed by atoms with Crippen molar-refractivity contribution in [2.24, 2.45) is 5.92 Å². The van der Waals surface area contributed by atoms with Crippen LogP contribution in [0.1, 0.15) is 40.7 Å². The van der Waals surface area contributed by atoms with Gasteiger partial charge in [0.05, 0.1) is 11.6 Å². The summed E-state index contributed by atoms with van der Waals surface area (Å²) in [5, 5.41) is 0.797. The SMILES string of the molecule is Cc1nc(-c2cccnc2)sc1C(=O)N1CCCC(C(=O)N2c3ccccc3CC2C)C1. The number of rotatable bonds is 3.